The molecule has 7 heteroatoms. The van der Waals surface area contributed by atoms with Crippen molar-refractivity contribution in [2.45, 2.75) is 37.9 Å². The minimum absolute atomic E-state index is 0.117. The monoisotopic (exact) mass is 512 g/mol. The number of fused-ring (bicyclic) bond motifs is 1. The topological polar surface area (TPSA) is 66.3 Å². The Hall–Kier alpha value is -3.58. The average Bonchev–Trinajstić information content (AvgIpc) is 2.91. The van der Waals surface area contributed by atoms with Crippen molar-refractivity contribution in [1.82, 2.24) is 5.43 Å². The molecule has 0 saturated carbocycles. The number of carbonyl (C=O) groups is 1. The van der Waals surface area contributed by atoms with E-state index in [0.29, 0.717) is 6.54 Å². The number of methoxy groups -OCH3 is 1. The van der Waals surface area contributed by atoms with Crippen LogP contribution in [-0.2, 0) is 12.8 Å². The van der Waals surface area contributed by atoms with Gasteiger partial charge in [-0.05, 0) is 86.2 Å². The normalized spacial score (nSPS) is 17.1. The minimum atomic E-state index is -0.391. The Kier molecular flexibility index (Phi) is 7.33. The molecule has 1 N–H and O–H groups in total. The maximum absolute atomic E-state index is 11.9. The maximum Gasteiger partial charge on any atom is 0.300 e. The summed E-state index contributed by atoms with van der Waals surface area (Å²) in [5.41, 5.74) is 9.37. The highest BCUT2D eigenvalue weighted by atomic mass is 32.2. The number of benzene rings is 3. The fourth-order valence-corrected chi connectivity index (χ4v) is 5.74. The van der Waals surface area contributed by atoms with Crippen LogP contribution in [0.2, 0.25) is 0 Å². The van der Waals surface area contributed by atoms with Crippen molar-refractivity contribution in [1.29, 1.82) is 0 Å². The summed E-state index contributed by atoms with van der Waals surface area (Å²) < 4.78 is 5.00. The summed E-state index contributed by atoms with van der Waals surface area (Å²) in [5.74, 6) is 1.81. The maximum atomic E-state index is 11.9. The number of rotatable bonds is 6. The third-order valence-corrected chi connectivity index (χ3v) is 7.74. The van der Waals surface area contributed by atoms with E-state index in [9.17, 15) is 4.79 Å². The highest BCUT2D eigenvalue weighted by molar-refractivity contribution is 8.15. The van der Waals surface area contributed by atoms with E-state index in [1.165, 1.54) is 28.6 Å². The quantitative estimate of drug-likeness (QED) is 0.321. The second-order valence-electron chi connectivity index (χ2n) is 9.74. The van der Waals surface area contributed by atoms with Crippen molar-refractivity contribution in [3.63, 3.8) is 0 Å². The van der Waals surface area contributed by atoms with Crippen LogP contribution in [0.1, 0.15) is 42.5 Å². The first-order chi connectivity index (χ1) is 17.9. The molecule has 2 aliphatic rings. The molecule has 0 aromatic heterocycles. The van der Waals surface area contributed by atoms with Gasteiger partial charge in [0, 0.05) is 24.3 Å². The molecule has 1 amide bonds. The number of carbonyl (C=O) groups excluding carboxylic acids is 1. The molecular weight excluding hydrogens is 480 g/mol. The molecule has 0 fully saturated rings. The third kappa shape index (κ3) is 5.57. The van der Waals surface area contributed by atoms with Crippen LogP contribution in [0.5, 0.6) is 5.75 Å². The van der Waals surface area contributed by atoms with Crippen LogP contribution in [0.15, 0.2) is 82.9 Å². The second-order valence-corrected chi connectivity index (χ2v) is 11.3. The lowest BCUT2D eigenvalue weighted by molar-refractivity contribution is 0.260. The van der Waals surface area contributed by atoms with E-state index in [0.717, 1.165) is 54.2 Å². The van der Waals surface area contributed by atoms with Gasteiger partial charge in [-0.2, -0.15) is 5.10 Å². The van der Waals surface area contributed by atoms with Crippen LogP contribution < -0.4 is 15.1 Å². The van der Waals surface area contributed by atoms with E-state index in [1.807, 2.05) is 32.0 Å². The predicted molar refractivity (Wildman–Crippen MR) is 153 cm³/mol. The molecule has 190 valence electrons. The number of hydrogen-bond acceptors (Lipinski definition) is 5. The number of nitrogens with one attached hydrogen (secondary N) is 1. The lowest BCUT2D eigenvalue weighted by atomic mass is 9.93. The number of aryl methyl sites for hydroxylation is 1. The number of anilines is 1. The van der Waals surface area contributed by atoms with E-state index in [-0.39, 0.29) is 5.24 Å². The van der Waals surface area contributed by atoms with Gasteiger partial charge in [0.25, 0.3) is 5.24 Å². The number of ether oxygens (including phenoxy) is 1. The first-order valence-electron chi connectivity index (χ1n) is 12.7. The molecule has 0 aliphatic carbocycles. The zero-order valence-electron chi connectivity index (χ0n) is 21.5. The molecule has 6 nitrogen and oxygen atoms in total. The molecule has 5 rings (SSSR count). The summed E-state index contributed by atoms with van der Waals surface area (Å²) in [6.45, 7) is 5.70. The van der Waals surface area contributed by atoms with E-state index in [2.05, 4.69) is 70.0 Å². The van der Waals surface area contributed by atoms with Crippen LogP contribution in [0.25, 0.3) is 0 Å². The summed E-state index contributed by atoms with van der Waals surface area (Å²) >= 11 is 1.28. The van der Waals surface area contributed by atoms with Gasteiger partial charge in [-0.1, -0.05) is 48.2 Å². The van der Waals surface area contributed by atoms with Crippen molar-refractivity contribution in [3.05, 3.63) is 95.1 Å². The Labute approximate surface area is 222 Å². The van der Waals surface area contributed by atoms with Crippen LogP contribution in [0, 0.1) is 0 Å². The van der Waals surface area contributed by atoms with Crippen molar-refractivity contribution in [2.24, 2.45) is 10.1 Å². The molecule has 3 aromatic rings. The number of amides is 1. The number of amidine groups is 1. The Morgan fingerprint density at radius 1 is 1.11 bits per heavy atom. The summed E-state index contributed by atoms with van der Waals surface area (Å²) in [6, 6.07) is 25.2. The first kappa shape index (κ1) is 25.1. The van der Waals surface area contributed by atoms with Gasteiger partial charge in [-0.3, -0.25) is 9.79 Å². The van der Waals surface area contributed by atoms with Gasteiger partial charge in [0.05, 0.1) is 17.6 Å². The molecule has 37 heavy (non-hydrogen) atoms. The van der Waals surface area contributed by atoms with Crippen LogP contribution in [0.3, 0.4) is 0 Å². The fraction of sp³-hybridized carbons (Fsp3) is 0.300. The van der Waals surface area contributed by atoms with Gasteiger partial charge in [-0.15, -0.1) is 0 Å². The predicted octanol–water partition coefficient (Wildman–Crippen LogP) is 6.08. The standard InChI is InChI=1S/C30H32N4O2S/c1-30(2)27(32-33-29(35)37-30)24-13-16-26-23(20-24)10-7-19-34(26)28(22-11-14-25(36-3)15-12-22)31-18-17-21-8-5-4-6-9-21/h4-6,8-9,11-16,20H,7,10,17-19H2,1-3H3,(H,33,35). The average molecular weight is 513 g/mol. The summed E-state index contributed by atoms with van der Waals surface area (Å²) in [6.07, 6.45) is 2.91. The Balaban J connectivity index is 1.49. The molecule has 0 spiro atoms. The van der Waals surface area contributed by atoms with Gasteiger partial charge >= 0.3 is 0 Å². The molecule has 0 atom stereocenters. The molecule has 0 bridgehead atoms. The first-order valence-corrected chi connectivity index (χ1v) is 13.5. The molecule has 2 heterocycles. The number of aliphatic imine (C=N–C) groups is 1. The Morgan fingerprint density at radius 2 is 1.89 bits per heavy atom. The smallest absolute Gasteiger partial charge is 0.300 e. The van der Waals surface area contributed by atoms with E-state index in [1.54, 1.807) is 7.11 Å². The van der Waals surface area contributed by atoms with Crippen molar-refractivity contribution in [3.8, 4) is 5.75 Å². The third-order valence-electron chi connectivity index (χ3n) is 6.76. The molecule has 0 saturated heterocycles. The fourth-order valence-electron chi connectivity index (χ4n) is 4.92. The lowest BCUT2D eigenvalue weighted by Gasteiger charge is -2.34. The molecule has 0 unspecified atom stereocenters. The SMILES string of the molecule is COc1ccc(C(=NCCc2ccccc2)N2CCCc3cc(C4=NNC(=O)SC4(C)C)ccc32)cc1. The zero-order valence-corrected chi connectivity index (χ0v) is 22.3. The van der Waals surface area contributed by atoms with Gasteiger partial charge < -0.3 is 9.64 Å². The highest BCUT2D eigenvalue weighted by Gasteiger charge is 2.34. The minimum Gasteiger partial charge on any atom is -0.497 e. The molecule has 0 radical (unpaired) electrons. The van der Waals surface area contributed by atoms with Gasteiger partial charge in [0.1, 0.15) is 11.6 Å². The number of nitrogens with zero attached hydrogens (tertiary/aromatic N) is 3. The summed E-state index contributed by atoms with van der Waals surface area (Å²) in [4.78, 5) is 19.4. The van der Waals surface area contributed by atoms with E-state index in [4.69, 9.17) is 9.73 Å². The number of thioether (sulfide) groups is 1. The molecule has 3 aromatic carbocycles. The highest BCUT2D eigenvalue weighted by Crippen LogP contribution is 2.35. The van der Waals surface area contributed by atoms with Crippen LogP contribution >= 0.6 is 11.8 Å². The largest absolute Gasteiger partial charge is 0.497 e. The van der Waals surface area contributed by atoms with Gasteiger partial charge in [-0.25, -0.2) is 5.43 Å². The summed E-state index contributed by atoms with van der Waals surface area (Å²) in [7, 11) is 1.68. The van der Waals surface area contributed by atoms with Crippen molar-refractivity contribution in [2.75, 3.05) is 25.1 Å². The van der Waals surface area contributed by atoms with Crippen molar-refractivity contribution >= 4 is 34.2 Å². The lowest BCUT2D eigenvalue weighted by Crippen LogP contribution is -2.39. The van der Waals surface area contributed by atoms with Crippen LogP contribution in [0.4, 0.5) is 10.5 Å². The van der Waals surface area contributed by atoms with Gasteiger partial charge in [0.2, 0.25) is 0 Å². The number of hydrazone groups is 1. The molecular formula is C30H32N4O2S. The number of hydrogen-bond donors (Lipinski definition) is 1. The zero-order chi connectivity index (χ0) is 25.8. The molecule has 2 aliphatic heterocycles. The van der Waals surface area contributed by atoms with E-state index >= 15 is 0 Å². The van der Waals surface area contributed by atoms with Gasteiger partial charge in [0.15, 0.2) is 0 Å². The van der Waals surface area contributed by atoms with E-state index < -0.39 is 4.75 Å². The Morgan fingerprint density at radius 3 is 2.62 bits per heavy atom. The van der Waals surface area contributed by atoms with Crippen LogP contribution in [-0.4, -0.2) is 41.7 Å². The second kappa shape index (κ2) is 10.8. The Bertz CT molecular complexity index is 1330. The van der Waals surface area contributed by atoms with Crippen molar-refractivity contribution < 1.29 is 9.53 Å². The summed E-state index contributed by atoms with van der Waals surface area (Å²) in [5, 5.41) is 4.30.